The number of likely N-dealkylation sites (tertiary alicyclic amines) is 1. The van der Waals surface area contributed by atoms with Crippen LogP contribution < -0.4 is 10.2 Å². The molecule has 0 aliphatic carbocycles. The van der Waals surface area contributed by atoms with E-state index in [0.717, 1.165) is 18.7 Å². The zero-order valence-electron chi connectivity index (χ0n) is 17.0. The summed E-state index contributed by atoms with van der Waals surface area (Å²) in [4.78, 5) is 25.0. The molecule has 2 fully saturated rings. The third-order valence-corrected chi connectivity index (χ3v) is 5.34. The van der Waals surface area contributed by atoms with E-state index in [2.05, 4.69) is 39.9 Å². The predicted molar refractivity (Wildman–Crippen MR) is 115 cm³/mol. The molecule has 2 aliphatic heterocycles. The van der Waals surface area contributed by atoms with Gasteiger partial charge in [-0.05, 0) is 38.1 Å². The number of anilines is 1. The maximum atomic E-state index is 12.4. The van der Waals surface area contributed by atoms with E-state index in [1.165, 1.54) is 0 Å². The van der Waals surface area contributed by atoms with Gasteiger partial charge in [0.1, 0.15) is 17.4 Å². The number of hydrogen-bond donors (Lipinski definition) is 2. The molecule has 0 radical (unpaired) electrons. The number of aliphatic hydroxyl groups is 1. The van der Waals surface area contributed by atoms with Crippen LogP contribution in [0.3, 0.4) is 0 Å². The quantitative estimate of drug-likeness (QED) is 0.711. The Morgan fingerprint density at radius 3 is 2.76 bits per heavy atom. The Hall–Kier alpha value is -2.76. The fraction of sp³-hybridized carbons (Fsp3) is 0.524. The molecule has 2 N–H and O–H groups in total. The van der Waals surface area contributed by atoms with Crippen molar-refractivity contribution in [3.8, 4) is 6.07 Å². The van der Waals surface area contributed by atoms with Gasteiger partial charge in [0.2, 0.25) is 5.91 Å². The standard InChI is InChI=1S/C21H28N6O2/c1-4-24-20-15(8-22)5-6-18(21(20)23-3)27-9-14(2)7-16(10-27)25-19(29)13-26-11-17(28)12-26/h4-6,14,16-17,28H,3,7,9-13H2,1-2H3,(H,25,29)/t14-,16+/m0/s1. The topological polar surface area (TPSA) is 104 Å². The maximum absolute atomic E-state index is 12.4. The number of aliphatic hydroxyl groups excluding tert-OH is 1. The number of carbonyl (C=O) groups excluding carboxylic acids is 1. The van der Waals surface area contributed by atoms with Crippen molar-refractivity contribution in [2.45, 2.75) is 32.4 Å². The van der Waals surface area contributed by atoms with Gasteiger partial charge in [0, 0.05) is 38.4 Å². The van der Waals surface area contributed by atoms with E-state index < -0.39 is 0 Å². The highest BCUT2D eigenvalue weighted by atomic mass is 16.3. The molecule has 1 aromatic rings. The highest BCUT2D eigenvalue weighted by Crippen LogP contribution is 2.41. The Morgan fingerprint density at radius 1 is 1.38 bits per heavy atom. The van der Waals surface area contributed by atoms with Gasteiger partial charge in [0.25, 0.3) is 0 Å². The van der Waals surface area contributed by atoms with E-state index in [1.807, 2.05) is 11.0 Å². The summed E-state index contributed by atoms with van der Waals surface area (Å²) in [5.74, 6) is 0.362. The molecule has 1 aromatic carbocycles. The molecule has 3 rings (SSSR count). The van der Waals surface area contributed by atoms with Crippen LogP contribution in [0.1, 0.15) is 25.8 Å². The second-order valence-corrected chi connectivity index (χ2v) is 7.84. The lowest BCUT2D eigenvalue weighted by Crippen LogP contribution is -2.56. The monoisotopic (exact) mass is 396 g/mol. The first-order valence-corrected chi connectivity index (χ1v) is 9.92. The number of piperidine rings is 1. The van der Waals surface area contributed by atoms with Gasteiger partial charge in [0.05, 0.1) is 23.9 Å². The number of β-amino-alcohol motifs (C(OH)–C–C–N with tert-alkyl or cyclic N) is 1. The Bertz CT molecular complexity index is 840. The molecule has 1 amide bonds. The SMILES string of the molecule is C=Nc1c(N2C[C@@H](C)C[C@@H](NC(=O)CN3CC(O)C3)C2)ccc(C#N)c1N=CC. The average Bonchev–Trinajstić information content (AvgIpc) is 2.66. The zero-order chi connectivity index (χ0) is 21.0. The Labute approximate surface area is 171 Å². The third kappa shape index (κ3) is 4.81. The summed E-state index contributed by atoms with van der Waals surface area (Å²) in [7, 11) is 0. The molecule has 0 saturated carbocycles. The fourth-order valence-electron chi connectivity index (χ4n) is 4.13. The first kappa shape index (κ1) is 21.0. The van der Waals surface area contributed by atoms with Gasteiger partial charge in [-0.2, -0.15) is 5.26 Å². The van der Waals surface area contributed by atoms with Crippen molar-refractivity contribution >= 4 is 35.9 Å². The van der Waals surface area contributed by atoms with Crippen molar-refractivity contribution in [2.24, 2.45) is 15.9 Å². The largest absolute Gasteiger partial charge is 0.390 e. The van der Waals surface area contributed by atoms with Crippen molar-refractivity contribution in [2.75, 3.05) is 37.6 Å². The number of nitrogens with one attached hydrogen (secondary N) is 1. The van der Waals surface area contributed by atoms with E-state index >= 15 is 0 Å². The van der Waals surface area contributed by atoms with Gasteiger partial charge in [0.15, 0.2) is 0 Å². The first-order valence-electron chi connectivity index (χ1n) is 9.92. The molecule has 2 atom stereocenters. The van der Waals surface area contributed by atoms with Gasteiger partial charge in [-0.3, -0.25) is 19.7 Å². The molecule has 0 unspecified atom stereocenters. The summed E-state index contributed by atoms with van der Waals surface area (Å²) < 4.78 is 0. The summed E-state index contributed by atoms with van der Waals surface area (Å²) >= 11 is 0. The van der Waals surface area contributed by atoms with Gasteiger partial charge in [-0.1, -0.05) is 6.92 Å². The van der Waals surface area contributed by atoms with Crippen LogP contribution in [0.2, 0.25) is 0 Å². The molecule has 0 bridgehead atoms. The van der Waals surface area contributed by atoms with Gasteiger partial charge < -0.3 is 15.3 Å². The molecule has 29 heavy (non-hydrogen) atoms. The van der Waals surface area contributed by atoms with Crippen LogP contribution in [0.15, 0.2) is 22.1 Å². The molecule has 8 nitrogen and oxygen atoms in total. The van der Waals surface area contributed by atoms with Crippen LogP contribution in [0.4, 0.5) is 17.1 Å². The summed E-state index contributed by atoms with van der Waals surface area (Å²) in [6.45, 7) is 10.6. The van der Waals surface area contributed by atoms with Crippen LogP contribution in [0, 0.1) is 17.2 Å². The number of nitrogens with zero attached hydrogens (tertiary/aromatic N) is 5. The van der Waals surface area contributed by atoms with Crippen molar-refractivity contribution < 1.29 is 9.90 Å². The number of amides is 1. The second kappa shape index (κ2) is 9.16. The Morgan fingerprint density at radius 2 is 2.14 bits per heavy atom. The number of nitriles is 1. The smallest absolute Gasteiger partial charge is 0.234 e. The molecule has 0 spiro atoms. The van der Waals surface area contributed by atoms with Crippen molar-refractivity contribution in [3.63, 3.8) is 0 Å². The lowest BCUT2D eigenvalue weighted by Gasteiger charge is -2.40. The molecule has 2 aliphatic rings. The minimum Gasteiger partial charge on any atom is -0.390 e. The summed E-state index contributed by atoms with van der Waals surface area (Å²) in [5, 5.41) is 21.9. The molecule has 154 valence electrons. The van der Waals surface area contributed by atoms with Crippen LogP contribution in [-0.2, 0) is 4.79 Å². The normalized spacial score (nSPS) is 22.9. The van der Waals surface area contributed by atoms with E-state index in [1.54, 1.807) is 19.2 Å². The maximum Gasteiger partial charge on any atom is 0.234 e. The molecule has 8 heteroatoms. The van der Waals surface area contributed by atoms with Crippen molar-refractivity contribution in [3.05, 3.63) is 17.7 Å². The molecule has 2 saturated heterocycles. The molecule has 2 heterocycles. The average molecular weight is 396 g/mol. The summed E-state index contributed by atoms with van der Waals surface area (Å²) in [6.07, 6.45) is 2.23. The zero-order valence-corrected chi connectivity index (χ0v) is 17.0. The van der Waals surface area contributed by atoms with E-state index in [9.17, 15) is 15.2 Å². The predicted octanol–water partition coefficient (Wildman–Crippen LogP) is 1.62. The van der Waals surface area contributed by atoms with Crippen LogP contribution >= 0.6 is 0 Å². The minimum absolute atomic E-state index is 0.0175. The molecule has 0 aromatic heterocycles. The molecular formula is C21H28N6O2. The number of aliphatic imine (C=N–C) groups is 2. The highest BCUT2D eigenvalue weighted by Gasteiger charge is 2.30. The van der Waals surface area contributed by atoms with Crippen LogP contribution in [-0.4, -0.2) is 73.7 Å². The second-order valence-electron chi connectivity index (χ2n) is 7.84. The lowest BCUT2D eigenvalue weighted by atomic mass is 9.94. The van der Waals surface area contributed by atoms with Crippen molar-refractivity contribution in [1.29, 1.82) is 5.26 Å². The fourth-order valence-corrected chi connectivity index (χ4v) is 4.13. The van der Waals surface area contributed by atoms with E-state index in [-0.39, 0.29) is 18.1 Å². The number of hydrogen-bond acceptors (Lipinski definition) is 7. The van der Waals surface area contributed by atoms with E-state index in [0.29, 0.717) is 49.0 Å². The minimum atomic E-state index is -0.311. The Kier molecular flexibility index (Phi) is 6.62. The van der Waals surface area contributed by atoms with Crippen LogP contribution in [0.5, 0.6) is 0 Å². The van der Waals surface area contributed by atoms with Gasteiger partial charge in [-0.15, -0.1) is 0 Å². The first-order chi connectivity index (χ1) is 13.9. The number of carbonyl (C=O) groups is 1. The summed E-state index contributed by atoms with van der Waals surface area (Å²) in [5.41, 5.74) is 2.45. The van der Waals surface area contributed by atoms with E-state index in [4.69, 9.17) is 0 Å². The summed E-state index contributed by atoms with van der Waals surface area (Å²) in [6, 6.07) is 5.82. The molecular weight excluding hydrogens is 368 g/mol. The van der Waals surface area contributed by atoms with Crippen LogP contribution in [0.25, 0.3) is 0 Å². The van der Waals surface area contributed by atoms with Gasteiger partial charge in [-0.25, -0.2) is 0 Å². The Balaban J connectivity index is 1.76. The van der Waals surface area contributed by atoms with Gasteiger partial charge >= 0.3 is 0 Å². The third-order valence-electron chi connectivity index (χ3n) is 5.34. The van der Waals surface area contributed by atoms with Crippen molar-refractivity contribution in [1.82, 2.24) is 10.2 Å². The number of benzene rings is 1. The lowest BCUT2D eigenvalue weighted by molar-refractivity contribution is -0.125. The number of rotatable bonds is 6. The highest BCUT2D eigenvalue weighted by molar-refractivity contribution is 5.86.